The van der Waals surface area contributed by atoms with Gasteiger partial charge in [0.2, 0.25) is 0 Å². The third-order valence-corrected chi connectivity index (χ3v) is 4.85. The molecule has 0 saturated carbocycles. The number of rotatable bonds is 7. The molecule has 0 aliphatic rings. The van der Waals surface area contributed by atoms with E-state index in [-0.39, 0.29) is 18.1 Å². The highest BCUT2D eigenvalue weighted by atomic mass is 32.1. The number of nitrogens with one attached hydrogen (secondary N) is 2. The van der Waals surface area contributed by atoms with Crippen LogP contribution < -0.4 is 10.6 Å². The molecule has 9 heteroatoms. The van der Waals surface area contributed by atoms with Gasteiger partial charge in [-0.3, -0.25) is 14.9 Å². The third kappa shape index (κ3) is 4.58. The zero-order valence-electron chi connectivity index (χ0n) is 15.7. The Balaban J connectivity index is 1.56. The van der Waals surface area contributed by atoms with Gasteiger partial charge in [-0.2, -0.15) is 8.75 Å². The molecule has 4 rings (SSSR count). The molecular formula is C21H17N5O3S. The van der Waals surface area contributed by atoms with Gasteiger partial charge in [0.25, 0.3) is 11.8 Å². The van der Waals surface area contributed by atoms with Crippen LogP contribution in [0.15, 0.2) is 77.5 Å². The van der Waals surface area contributed by atoms with Crippen LogP contribution in [0.5, 0.6) is 0 Å². The Morgan fingerprint density at radius 3 is 2.43 bits per heavy atom. The summed E-state index contributed by atoms with van der Waals surface area (Å²) >= 11 is 0.946. The van der Waals surface area contributed by atoms with Gasteiger partial charge < -0.3 is 9.73 Å². The molecule has 1 unspecified atom stereocenters. The maximum Gasteiger partial charge on any atom is 0.301 e. The Bertz CT molecular complexity index is 1110. The van der Waals surface area contributed by atoms with Crippen molar-refractivity contribution in [1.29, 1.82) is 0 Å². The van der Waals surface area contributed by atoms with E-state index in [2.05, 4.69) is 24.4 Å². The second kappa shape index (κ2) is 9.10. The van der Waals surface area contributed by atoms with Crippen molar-refractivity contribution in [3.05, 3.63) is 84.4 Å². The van der Waals surface area contributed by atoms with Crippen LogP contribution in [0.2, 0.25) is 0 Å². The van der Waals surface area contributed by atoms with Gasteiger partial charge in [-0.05, 0) is 5.56 Å². The first-order chi connectivity index (χ1) is 14.7. The molecule has 0 radical (unpaired) electrons. The van der Waals surface area contributed by atoms with Crippen LogP contribution in [0, 0.1) is 0 Å². The molecule has 2 heterocycles. The van der Waals surface area contributed by atoms with Gasteiger partial charge in [-0.15, -0.1) is 0 Å². The third-order valence-electron chi connectivity index (χ3n) is 4.32. The highest BCUT2D eigenvalue weighted by molar-refractivity contribution is 6.99. The predicted molar refractivity (Wildman–Crippen MR) is 112 cm³/mol. The standard InChI is InChI=1S/C21H17N5O3S/c27-19(24-21-22-11-12-29-21)16(13-14-7-3-1-4-8-14)23-20(28)18-17(25-30-26-18)15-9-5-2-6-10-15/h1-12,16H,13H2,(H,23,28)(H,22,24,27). The Morgan fingerprint density at radius 2 is 1.73 bits per heavy atom. The zero-order valence-corrected chi connectivity index (χ0v) is 16.5. The summed E-state index contributed by atoms with van der Waals surface area (Å²) in [5, 5.41) is 5.35. The minimum absolute atomic E-state index is 0.0626. The molecule has 8 nitrogen and oxygen atoms in total. The van der Waals surface area contributed by atoms with Crippen molar-refractivity contribution in [2.24, 2.45) is 0 Å². The lowest BCUT2D eigenvalue weighted by molar-refractivity contribution is -0.118. The Kier molecular flexibility index (Phi) is 5.90. The first-order valence-electron chi connectivity index (χ1n) is 9.14. The summed E-state index contributed by atoms with van der Waals surface area (Å²) in [4.78, 5) is 29.7. The highest BCUT2D eigenvalue weighted by Gasteiger charge is 2.26. The molecule has 2 aromatic carbocycles. The Morgan fingerprint density at radius 1 is 1.00 bits per heavy atom. The smallest absolute Gasteiger partial charge is 0.301 e. The van der Waals surface area contributed by atoms with Crippen molar-refractivity contribution in [2.45, 2.75) is 12.5 Å². The van der Waals surface area contributed by atoms with E-state index < -0.39 is 17.9 Å². The summed E-state index contributed by atoms with van der Waals surface area (Å²) in [7, 11) is 0. The average Bonchev–Trinajstić information content (AvgIpc) is 3.47. The number of carbonyl (C=O) groups excluding carboxylic acids is 2. The normalized spacial score (nSPS) is 11.6. The summed E-state index contributed by atoms with van der Waals surface area (Å²) in [6, 6.07) is 17.9. The van der Waals surface area contributed by atoms with Gasteiger partial charge in [-0.25, -0.2) is 4.98 Å². The van der Waals surface area contributed by atoms with E-state index in [1.807, 2.05) is 60.7 Å². The van der Waals surface area contributed by atoms with Crippen molar-refractivity contribution in [2.75, 3.05) is 5.32 Å². The Hall–Kier alpha value is -3.85. The molecule has 0 fully saturated rings. The molecule has 150 valence electrons. The molecule has 1 atom stereocenters. The molecule has 2 amide bonds. The summed E-state index contributed by atoms with van der Waals surface area (Å²) < 4.78 is 13.5. The minimum atomic E-state index is -0.864. The molecule has 0 bridgehead atoms. The van der Waals surface area contributed by atoms with Crippen molar-refractivity contribution < 1.29 is 14.0 Å². The van der Waals surface area contributed by atoms with E-state index in [4.69, 9.17) is 4.42 Å². The fraction of sp³-hybridized carbons (Fsp3) is 0.0952. The van der Waals surface area contributed by atoms with E-state index in [9.17, 15) is 9.59 Å². The highest BCUT2D eigenvalue weighted by Crippen LogP contribution is 2.21. The quantitative estimate of drug-likeness (QED) is 0.476. The predicted octanol–water partition coefficient (Wildman–Crippen LogP) is 3.17. The molecule has 2 aromatic heterocycles. The molecule has 0 spiro atoms. The number of benzene rings is 2. The zero-order chi connectivity index (χ0) is 20.8. The molecule has 2 N–H and O–H groups in total. The lowest BCUT2D eigenvalue weighted by Gasteiger charge is -2.17. The van der Waals surface area contributed by atoms with Crippen LogP contribution >= 0.6 is 11.7 Å². The number of anilines is 1. The largest absolute Gasteiger partial charge is 0.432 e. The summed E-state index contributed by atoms with van der Waals surface area (Å²) in [6.07, 6.45) is 3.07. The first kappa shape index (κ1) is 19.5. The van der Waals surface area contributed by atoms with E-state index in [0.717, 1.165) is 22.9 Å². The monoisotopic (exact) mass is 419 g/mol. The van der Waals surface area contributed by atoms with Crippen molar-refractivity contribution in [3.63, 3.8) is 0 Å². The van der Waals surface area contributed by atoms with Gasteiger partial charge >= 0.3 is 6.01 Å². The van der Waals surface area contributed by atoms with Gasteiger partial charge in [0, 0.05) is 12.0 Å². The molecule has 0 aliphatic heterocycles. The minimum Gasteiger partial charge on any atom is -0.432 e. The topological polar surface area (TPSA) is 110 Å². The van der Waals surface area contributed by atoms with E-state index in [0.29, 0.717) is 5.69 Å². The van der Waals surface area contributed by atoms with Crippen molar-refractivity contribution in [3.8, 4) is 11.3 Å². The number of nitrogens with zero attached hydrogens (tertiary/aromatic N) is 3. The fourth-order valence-corrected chi connectivity index (χ4v) is 3.45. The van der Waals surface area contributed by atoms with Gasteiger partial charge in [-0.1, -0.05) is 60.7 Å². The summed E-state index contributed by atoms with van der Waals surface area (Å²) in [5.74, 6) is -0.926. The first-order valence-corrected chi connectivity index (χ1v) is 9.87. The van der Waals surface area contributed by atoms with E-state index in [1.165, 1.54) is 12.5 Å². The molecule has 0 aliphatic carbocycles. The SMILES string of the molecule is O=C(NC(Cc1ccccc1)C(=O)Nc1ncco1)c1nsnc1-c1ccccc1. The molecule has 30 heavy (non-hydrogen) atoms. The van der Waals surface area contributed by atoms with E-state index >= 15 is 0 Å². The summed E-state index contributed by atoms with van der Waals surface area (Å²) in [5.41, 5.74) is 2.32. The van der Waals surface area contributed by atoms with Crippen molar-refractivity contribution in [1.82, 2.24) is 19.0 Å². The number of hydrogen-bond acceptors (Lipinski definition) is 7. The van der Waals surface area contributed by atoms with Gasteiger partial charge in [0.1, 0.15) is 18.0 Å². The van der Waals surface area contributed by atoms with Gasteiger partial charge in [0.15, 0.2) is 5.69 Å². The second-order valence-electron chi connectivity index (χ2n) is 6.37. The number of carbonyl (C=O) groups is 2. The van der Waals surface area contributed by atoms with Crippen LogP contribution in [0.3, 0.4) is 0 Å². The van der Waals surface area contributed by atoms with Crippen LogP contribution in [0.25, 0.3) is 11.3 Å². The number of oxazole rings is 1. The molecule has 0 saturated heterocycles. The van der Waals surface area contributed by atoms with Crippen LogP contribution in [0.4, 0.5) is 6.01 Å². The number of amides is 2. The number of hydrogen-bond donors (Lipinski definition) is 2. The lowest BCUT2D eigenvalue weighted by atomic mass is 10.0. The average molecular weight is 419 g/mol. The van der Waals surface area contributed by atoms with Crippen molar-refractivity contribution >= 4 is 29.6 Å². The van der Waals surface area contributed by atoms with Crippen LogP contribution in [0.1, 0.15) is 16.1 Å². The van der Waals surface area contributed by atoms with E-state index in [1.54, 1.807) is 0 Å². The van der Waals surface area contributed by atoms with Gasteiger partial charge in [0.05, 0.1) is 17.9 Å². The lowest BCUT2D eigenvalue weighted by Crippen LogP contribution is -2.45. The fourth-order valence-electron chi connectivity index (χ4n) is 2.89. The maximum absolute atomic E-state index is 13.0. The summed E-state index contributed by atoms with van der Waals surface area (Å²) in [6.45, 7) is 0. The molecule has 4 aromatic rings. The van der Waals surface area contributed by atoms with Crippen LogP contribution in [-0.2, 0) is 11.2 Å². The van der Waals surface area contributed by atoms with Crippen LogP contribution in [-0.4, -0.2) is 31.6 Å². The second-order valence-corrected chi connectivity index (χ2v) is 6.90. The Labute approximate surface area is 176 Å². The molecular weight excluding hydrogens is 402 g/mol. The number of aromatic nitrogens is 3. The maximum atomic E-state index is 13.0.